The second-order valence-corrected chi connectivity index (χ2v) is 5.93. The van der Waals surface area contributed by atoms with E-state index in [-0.39, 0.29) is 16.1 Å². The summed E-state index contributed by atoms with van der Waals surface area (Å²) < 4.78 is 57.2. The number of carbonyl (C=O) groups excluding carboxylic acids is 1. The van der Waals surface area contributed by atoms with Gasteiger partial charge in [0.2, 0.25) is 0 Å². The number of hydrogen-bond acceptors (Lipinski definition) is 4. The third-order valence-corrected chi connectivity index (χ3v) is 4.14. The summed E-state index contributed by atoms with van der Waals surface area (Å²) >= 11 is 0. The van der Waals surface area contributed by atoms with E-state index in [2.05, 4.69) is 4.74 Å². The van der Waals surface area contributed by atoms with Gasteiger partial charge in [-0.1, -0.05) is 0 Å². The zero-order valence-electron chi connectivity index (χ0n) is 11.3. The number of benzene rings is 2. The van der Waals surface area contributed by atoms with Crippen LogP contribution in [0.15, 0.2) is 47.4 Å². The standard InChI is InChI=1S/C14H11F2NO4S/c1-21-14(18)9-2-7-13(12(16)8-9)17-22(19,20)11-5-3-10(15)4-6-11/h2-8,17H,1H3. The highest BCUT2D eigenvalue weighted by atomic mass is 32.2. The second kappa shape index (κ2) is 6.10. The first-order chi connectivity index (χ1) is 10.3. The van der Waals surface area contributed by atoms with Crippen LogP contribution >= 0.6 is 0 Å². The highest BCUT2D eigenvalue weighted by Gasteiger charge is 2.17. The van der Waals surface area contributed by atoms with Crippen LogP contribution in [0.3, 0.4) is 0 Å². The van der Waals surface area contributed by atoms with Crippen LogP contribution in [0.1, 0.15) is 10.4 Å². The van der Waals surface area contributed by atoms with Gasteiger partial charge in [-0.25, -0.2) is 22.0 Å². The molecule has 0 aliphatic carbocycles. The Hall–Kier alpha value is -2.48. The van der Waals surface area contributed by atoms with Crippen molar-refractivity contribution in [1.82, 2.24) is 0 Å². The summed E-state index contributed by atoms with van der Waals surface area (Å²) in [5, 5.41) is 0. The van der Waals surface area contributed by atoms with Gasteiger partial charge in [0.25, 0.3) is 10.0 Å². The van der Waals surface area contributed by atoms with E-state index < -0.39 is 27.6 Å². The predicted molar refractivity (Wildman–Crippen MR) is 74.9 cm³/mol. The minimum absolute atomic E-state index is 0.0512. The van der Waals surface area contributed by atoms with Crippen molar-refractivity contribution in [2.24, 2.45) is 0 Å². The number of carbonyl (C=O) groups is 1. The third kappa shape index (κ3) is 3.40. The maximum Gasteiger partial charge on any atom is 0.337 e. The summed E-state index contributed by atoms with van der Waals surface area (Å²) in [5.74, 6) is -2.27. The molecule has 0 aliphatic rings. The molecule has 0 saturated heterocycles. The maximum absolute atomic E-state index is 13.9. The highest BCUT2D eigenvalue weighted by molar-refractivity contribution is 7.92. The fourth-order valence-electron chi connectivity index (χ4n) is 1.66. The zero-order valence-corrected chi connectivity index (χ0v) is 12.2. The molecule has 2 aromatic rings. The van der Waals surface area contributed by atoms with Crippen molar-refractivity contribution >= 4 is 21.7 Å². The number of halogens is 2. The summed E-state index contributed by atoms with van der Waals surface area (Å²) in [7, 11) is -2.92. The van der Waals surface area contributed by atoms with Crippen LogP contribution in [0.4, 0.5) is 14.5 Å². The van der Waals surface area contributed by atoms with E-state index in [1.165, 1.54) is 6.07 Å². The summed E-state index contributed by atoms with van der Waals surface area (Å²) in [6.45, 7) is 0. The van der Waals surface area contributed by atoms with Crippen molar-refractivity contribution in [1.29, 1.82) is 0 Å². The number of rotatable bonds is 4. The van der Waals surface area contributed by atoms with Crippen LogP contribution in [0.25, 0.3) is 0 Å². The average Bonchev–Trinajstić information content (AvgIpc) is 2.48. The molecule has 0 bridgehead atoms. The lowest BCUT2D eigenvalue weighted by Crippen LogP contribution is -2.14. The Bertz CT molecular complexity index is 804. The van der Waals surface area contributed by atoms with Crippen LogP contribution in [0, 0.1) is 11.6 Å². The lowest BCUT2D eigenvalue weighted by atomic mass is 10.2. The number of nitrogens with one attached hydrogen (secondary N) is 1. The molecule has 0 radical (unpaired) electrons. The summed E-state index contributed by atoms with van der Waals surface area (Å²) in [6.07, 6.45) is 0. The van der Waals surface area contributed by atoms with E-state index in [1.807, 2.05) is 4.72 Å². The Morgan fingerprint density at radius 1 is 1.09 bits per heavy atom. The van der Waals surface area contributed by atoms with Gasteiger partial charge in [-0.15, -0.1) is 0 Å². The number of hydrogen-bond donors (Lipinski definition) is 1. The summed E-state index contributed by atoms with van der Waals surface area (Å²) in [6, 6.07) is 7.24. The first kappa shape index (κ1) is 15.9. The number of methoxy groups -OCH3 is 1. The molecule has 0 saturated carbocycles. The van der Waals surface area contributed by atoms with Crippen LogP contribution in [0.2, 0.25) is 0 Å². The fraction of sp³-hybridized carbons (Fsp3) is 0.0714. The molecule has 0 unspecified atom stereocenters. The average molecular weight is 327 g/mol. The van der Waals surface area contributed by atoms with Crippen molar-refractivity contribution in [2.45, 2.75) is 4.90 Å². The Labute approximate surface area is 125 Å². The fourth-order valence-corrected chi connectivity index (χ4v) is 2.73. The maximum atomic E-state index is 13.9. The summed E-state index contributed by atoms with van der Waals surface area (Å²) in [5.41, 5.74) is -0.387. The van der Waals surface area contributed by atoms with E-state index in [1.54, 1.807) is 0 Å². The monoisotopic (exact) mass is 327 g/mol. The van der Waals surface area contributed by atoms with E-state index in [0.29, 0.717) is 0 Å². The number of sulfonamides is 1. The largest absolute Gasteiger partial charge is 0.465 e. The highest BCUT2D eigenvalue weighted by Crippen LogP contribution is 2.21. The molecule has 8 heteroatoms. The minimum Gasteiger partial charge on any atom is -0.465 e. The van der Waals surface area contributed by atoms with Gasteiger partial charge in [0, 0.05) is 0 Å². The van der Waals surface area contributed by atoms with Gasteiger partial charge < -0.3 is 4.74 Å². The molecular formula is C14H11F2NO4S. The van der Waals surface area contributed by atoms with Crippen molar-refractivity contribution in [3.63, 3.8) is 0 Å². The first-order valence-electron chi connectivity index (χ1n) is 6.00. The lowest BCUT2D eigenvalue weighted by Gasteiger charge is -2.09. The Kier molecular flexibility index (Phi) is 4.41. The van der Waals surface area contributed by atoms with Crippen molar-refractivity contribution in [3.05, 3.63) is 59.7 Å². The van der Waals surface area contributed by atoms with Crippen LogP contribution < -0.4 is 4.72 Å². The SMILES string of the molecule is COC(=O)c1ccc(NS(=O)(=O)c2ccc(F)cc2)c(F)c1. The Morgan fingerprint density at radius 3 is 2.27 bits per heavy atom. The quantitative estimate of drug-likeness (QED) is 0.876. The van der Waals surface area contributed by atoms with Gasteiger partial charge in [0.05, 0.1) is 23.3 Å². The molecule has 22 heavy (non-hydrogen) atoms. The Balaban J connectivity index is 2.30. The molecule has 116 valence electrons. The minimum atomic E-state index is -4.06. The van der Waals surface area contributed by atoms with Gasteiger partial charge in [0.1, 0.15) is 11.6 Å². The molecule has 5 nitrogen and oxygen atoms in total. The molecule has 0 atom stereocenters. The normalized spacial score (nSPS) is 11.0. The molecule has 0 amide bonds. The van der Waals surface area contributed by atoms with E-state index in [9.17, 15) is 22.0 Å². The van der Waals surface area contributed by atoms with Gasteiger partial charge in [0.15, 0.2) is 0 Å². The van der Waals surface area contributed by atoms with Crippen LogP contribution in [-0.4, -0.2) is 21.5 Å². The molecule has 0 aromatic heterocycles. The smallest absolute Gasteiger partial charge is 0.337 e. The third-order valence-electron chi connectivity index (χ3n) is 2.76. The topological polar surface area (TPSA) is 72.5 Å². The molecule has 0 heterocycles. The van der Waals surface area contributed by atoms with Crippen molar-refractivity contribution in [3.8, 4) is 0 Å². The molecule has 2 rings (SSSR count). The molecule has 0 spiro atoms. The number of ether oxygens (including phenoxy) is 1. The molecule has 0 aliphatic heterocycles. The predicted octanol–water partition coefficient (Wildman–Crippen LogP) is 2.55. The number of esters is 1. The van der Waals surface area contributed by atoms with Gasteiger partial charge in [-0.3, -0.25) is 4.72 Å². The van der Waals surface area contributed by atoms with Gasteiger partial charge >= 0.3 is 5.97 Å². The summed E-state index contributed by atoms with van der Waals surface area (Å²) in [4.78, 5) is 11.0. The van der Waals surface area contributed by atoms with E-state index >= 15 is 0 Å². The van der Waals surface area contributed by atoms with E-state index in [0.717, 1.165) is 43.5 Å². The first-order valence-corrected chi connectivity index (χ1v) is 7.48. The lowest BCUT2D eigenvalue weighted by molar-refractivity contribution is 0.0600. The molecule has 1 N–H and O–H groups in total. The van der Waals surface area contributed by atoms with Crippen molar-refractivity contribution < 1.29 is 26.7 Å². The number of anilines is 1. The molecular weight excluding hydrogens is 316 g/mol. The second-order valence-electron chi connectivity index (χ2n) is 4.25. The van der Waals surface area contributed by atoms with Crippen molar-refractivity contribution in [2.75, 3.05) is 11.8 Å². The van der Waals surface area contributed by atoms with Gasteiger partial charge in [-0.2, -0.15) is 0 Å². The van der Waals surface area contributed by atoms with Crippen LogP contribution in [0.5, 0.6) is 0 Å². The van der Waals surface area contributed by atoms with Crippen LogP contribution in [-0.2, 0) is 14.8 Å². The van der Waals surface area contributed by atoms with Gasteiger partial charge in [-0.05, 0) is 42.5 Å². The Morgan fingerprint density at radius 2 is 1.73 bits per heavy atom. The molecule has 0 fully saturated rings. The van der Waals surface area contributed by atoms with E-state index in [4.69, 9.17) is 0 Å². The zero-order chi connectivity index (χ0) is 16.3. The molecule has 2 aromatic carbocycles.